The molecule has 0 aromatic carbocycles. The van der Waals surface area contributed by atoms with Crippen LogP contribution in [0.25, 0.3) is 0 Å². The van der Waals surface area contributed by atoms with Gasteiger partial charge in [-0.3, -0.25) is 0 Å². The lowest BCUT2D eigenvalue weighted by Crippen LogP contribution is -2.55. The Balaban J connectivity index is 2.03. The van der Waals surface area contributed by atoms with Gasteiger partial charge in [-0.25, -0.2) is 0 Å². The third-order valence-corrected chi connectivity index (χ3v) is 4.37. The first kappa shape index (κ1) is 7.11. The minimum atomic E-state index is 0.582. The Labute approximate surface area is 70.3 Å². The fourth-order valence-electron chi connectivity index (χ4n) is 2.44. The maximum atomic E-state index is 5.39. The van der Waals surface area contributed by atoms with E-state index in [4.69, 9.17) is 4.74 Å². The highest BCUT2D eigenvalue weighted by molar-refractivity contribution is 9.09. The van der Waals surface area contributed by atoms with Crippen molar-refractivity contribution in [3.63, 3.8) is 0 Å². The zero-order chi connectivity index (χ0) is 7.14. The first-order chi connectivity index (χ1) is 4.84. The quantitative estimate of drug-likeness (QED) is 0.596. The van der Waals surface area contributed by atoms with Crippen LogP contribution < -0.4 is 0 Å². The Hall–Kier alpha value is 0.440. The fourth-order valence-corrected chi connectivity index (χ4v) is 3.57. The van der Waals surface area contributed by atoms with Gasteiger partial charge in [-0.15, -0.1) is 0 Å². The second kappa shape index (κ2) is 2.49. The van der Waals surface area contributed by atoms with E-state index in [1.807, 2.05) is 7.11 Å². The molecule has 2 unspecified atom stereocenters. The van der Waals surface area contributed by atoms with E-state index in [2.05, 4.69) is 15.9 Å². The van der Waals surface area contributed by atoms with Crippen LogP contribution in [-0.4, -0.2) is 18.0 Å². The van der Waals surface area contributed by atoms with Gasteiger partial charge in [0.15, 0.2) is 0 Å². The van der Waals surface area contributed by atoms with E-state index in [9.17, 15) is 0 Å². The highest BCUT2D eigenvalue weighted by atomic mass is 79.9. The summed E-state index contributed by atoms with van der Waals surface area (Å²) in [4.78, 5) is 0.770. The standard InChI is InChI=1S/C8H13BrO/c1-10-8-5-3-2-4-6(8)7(5)9/h5-8H,2-4H2,1H3. The van der Waals surface area contributed by atoms with Crippen LogP contribution in [0.4, 0.5) is 0 Å². The molecule has 58 valence electrons. The van der Waals surface area contributed by atoms with Gasteiger partial charge in [0.25, 0.3) is 0 Å². The predicted octanol–water partition coefficient (Wildman–Crippen LogP) is 2.19. The summed E-state index contributed by atoms with van der Waals surface area (Å²) in [5.41, 5.74) is 0. The number of fused-ring (bicyclic) bond motifs is 2. The molecule has 3 fully saturated rings. The SMILES string of the molecule is COC1C2CCCC1C2Br. The summed E-state index contributed by atoms with van der Waals surface area (Å²) in [6, 6.07) is 0. The summed E-state index contributed by atoms with van der Waals surface area (Å²) in [6.07, 6.45) is 4.73. The Kier molecular flexibility index (Phi) is 1.77. The third-order valence-electron chi connectivity index (χ3n) is 3.01. The van der Waals surface area contributed by atoms with Crippen LogP contribution in [-0.2, 0) is 4.74 Å². The highest BCUT2D eigenvalue weighted by Crippen LogP contribution is 2.51. The number of hydrogen-bond donors (Lipinski definition) is 0. The number of halogens is 1. The number of rotatable bonds is 1. The average molecular weight is 205 g/mol. The minimum absolute atomic E-state index is 0.582. The second-order valence-corrected chi connectivity index (χ2v) is 4.46. The molecule has 2 heteroatoms. The van der Waals surface area contributed by atoms with E-state index in [-0.39, 0.29) is 0 Å². The Morgan fingerprint density at radius 1 is 1.30 bits per heavy atom. The summed E-state index contributed by atoms with van der Waals surface area (Å²) in [6.45, 7) is 0. The zero-order valence-electron chi connectivity index (χ0n) is 6.22. The molecule has 1 nitrogen and oxygen atoms in total. The molecular formula is C8H13BrO. The smallest absolute Gasteiger partial charge is 0.0649 e. The molecule has 0 spiro atoms. The van der Waals surface area contributed by atoms with Gasteiger partial charge in [0.1, 0.15) is 0 Å². The van der Waals surface area contributed by atoms with E-state index >= 15 is 0 Å². The lowest BCUT2D eigenvalue weighted by atomic mass is 9.62. The summed E-state index contributed by atoms with van der Waals surface area (Å²) in [7, 11) is 1.84. The molecule has 3 rings (SSSR count). The van der Waals surface area contributed by atoms with Gasteiger partial charge in [0, 0.05) is 11.9 Å². The molecule has 3 aliphatic carbocycles. The summed E-state index contributed by atoms with van der Waals surface area (Å²) < 4.78 is 5.39. The van der Waals surface area contributed by atoms with Crippen molar-refractivity contribution in [2.45, 2.75) is 30.2 Å². The summed E-state index contributed by atoms with van der Waals surface area (Å²) >= 11 is 3.70. The Morgan fingerprint density at radius 2 is 1.90 bits per heavy atom. The number of methoxy groups -OCH3 is 1. The van der Waals surface area contributed by atoms with Gasteiger partial charge < -0.3 is 4.74 Å². The van der Waals surface area contributed by atoms with Crippen molar-refractivity contribution < 1.29 is 4.74 Å². The second-order valence-electron chi connectivity index (χ2n) is 3.40. The van der Waals surface area contributed by atoms with Crippen molar-refractivity contribution in [3.05, 3.63) is 0 Å². The van der Waals surface area contributed by atoms with Crippen LogP contribution >= 0.6 is 15.9 Å². The molecule has 3 aliphatic rings. The van der Waals surface area contributed by atoms with E-state index in [1.54, 1.807) is 0 Å². The van der Waals surface area contributed by atoms with Crippen LogP contribution in [0.15, 0.2) is 0 Å². The molecule has 3 saturated carbocycles. The molecule has 10 heavy (non-hydrogen) atoms. The average Bonchev–Trinajstić information content (AvgIpc) is 2.02. The molecule has 0 saturated heterocycles. The summed E-state index contributed by atoms with van der Waals surface area (Å²) in [5.74, 6) is 1.65. The van der Waals surface area contributed by atoms with Crippen molar-refractivity contribution in [1.82, 2.24) is 0 Å². The normalized spacial score (nSPS) is 52.2. The topological polar surface area (TPSA) is 9.23 Å². The molecule has 0 radical (unpaired) electrons. The van der Waals surface area contributed by atoms with Gasteiger partial charge in [0.2, 0.25) is 0 Å². The van der Waals surface area contributed by atoms with Gasteiger partial charge in [-0.1, -0.05) is 22.4 Å². The highest BCUT2D eigenvalue weighted by Gasteiger charge is 2.51. The Morgan fingerprint density at radius 3 is 2.20 bits per heavy atom. The number of alkyl halides is 1. The predicted molar refractivity (Wildman–Crippen MR) is 44.3 cm³/mol. The number of hydrogen-bond acceptors (Lipinski definition) is 1. The first-order valence-electron chi connectivity index (χ1n) is 4.01. The van der Waals surface area contributed by atoms with Crippen molar-refractivity contribution in [1.29, 1.82) is 0 Å². The van der Waals surface area contributed by atoms with E-state index in [0.717, 1.165) is 16.7 Å². The van der Waals surface area contributed by atoms with Gasteiger partial charge in [-0.05, 0) is 24.7 Å². The molecule has 0 heterocycles. The van der Waals surface area contributed by atoms with Crippen molar-refractivity contribution >= 4 is 15.9 Å². The van der Waals surface area contributed by atoms with E-state index in [1.165, 1.54) is 19.3 Å². The molecule has 0 aliphatic heterocycles. The molecule has 0 aromatic rings. The fraction of sp³-hybridized carbons (Fsp3) is 1.00. The first-order valence-corrected chi connectivity index (χ1v) is 4.93. The van der Waals surface area contributed by atoms with Gasteiger partial charge in [-0.2, -0.15) is 0 Å². The van der Waals surface area contributed by atoms with E-state index < -0.39 is 0 Å². The maximum Gasteiger partial charge on any atom is 0.0649 e. The van der Waals surface area contributed by atoms with E-state index in [0.29, 0.717) is 6.10 Å². The molecule has 0 amide bonds. The van der Waals surface area contributed by atoms with Crippen LogP contribution in [0, 0.1) is 11.8 Å². The van der Waals surface area contributed by atoms with Crippen molar-refractivity contribution in [3.8, 4) is 0 Å². The maximum absolute atomic E-state index is 5.39. The van der Waals surface area contributed by atoms with Crippen molar-refractivity contribution in [2.75, 3.05) is 7.11 Å². The third kappa shape index (κ3) is 0.782. The van der Waals surface area contributed by atoms with Crippen LogP contribution in [0.1, 0.15) is 19.3 Å². The number of ether oxygens (including phenoxy) is 1. The molecule has 0 N–H and O–H groups in total. The monoisotopic (exact) mass is 204 g/mol. The van der Waals surface area contributed by atoms with Gasteiger partial charge in [0.05, 0.1) is 6.10 Å². The molecule has 2 atom stereocenters. The lowest BCUT2D eigenvalue weighted by Gasteiger charge is -2.52. The minimum Gasteiger partial charge on any atom is -0.381 e. The summed E-state index contributed by atoms with van der Waals surface area (Å²) in [5, 5.41) is 0. The van der Waals surface area contributed by atoms with Crippen LogP contribution in [0.3, 0.4) is 0 Å². The lowest BCUT2D eigenvalue weighted by molar-refractivity contribution is -0.0912. The zero-order valence-corrected chi connectivity index (χ0v) is 7.80. The largest absolute Gasteiger partial charge is 0.381 e. The molecule has 0 aromatic heterocycles. The Bertz CT molecular complexity index is 125. The molecule has 2 bridgehead atoms. The van der Waals surface area contributed by atoms with Gasteiger partial charge >= 0.3 is 0 Å². The molecular weight excluding hydrogens is 192 g/mol. The van der Waals surface area contributed by atoms with Crippen LogP contribution in [0.5, 0.6) is 0 Å². The van der Waals surface area contributed by atoms with Crippen molar-refractivity contribution in [2.24, 2.45) is 11.8 Å². The van der Waals surface area contributed by atoms with Crippen LogP contribution in [0.2, 0.25) is 0 Å².